The molecule has 0 saturated carbocycles. The van der Waals surface area contributed by atoms with E-state index in [2.05, 4.69) is 15.5 Å². The molecule has 2 aromatic heterocycles. The number of nitrogens with one attached hydrogen (secondary N) is 1. The summed E-state index contributed by atoms with van der Waals surface area (Å²) in [4.78, 5) is 12.5. The van der Waals surface area contributed by atoms with E-state index < -0.39 is 0 Å². The molecule has 0 bridgehead atoms. The van der Waals surface area contributed by atoms with Gasteiger partial charge in [0.05, 0.1) is 23.5 Å². The minimum absolute atomic E-state index is 0.0402. The molecule has 7 heteroatoms. The predicted molar refractivity (Wildman–Crippen MR) is 80.4 cm³/mol. The van der Waals surface area contributed by atoms with Crippen molar-refractivity contribution in [3.05, 3.63) is 35.4 Å². The molecular formula is C15H21N5O2. The Morgan fingerprint density at radius 1 is 1.41 bits per heavy atom. The summed E-state index contributed by atoms with van der Waals surface area (Å²) < 4.78 is 9.19. The molecule has 0 radical (unpaired) electrons. The van der Waals surface area contributed by atoms with Gasteiger partial charge in [-0.3, -0.25) is 14.2 Å². The molecule has 1 saturated heterocycles. The van der Waals surface area contributed by atoms with Crippen LogP contribution in [0.3, 0.4) is 0 Å². The Hall–Kier alpha value is -2.15. The van der Waals surface area contributed by atoms with Crippen LogP contribution in [0.2, 0.25) is 0 Å². The summed E-state index contributed by atoms with van der Waals surface area (Å²) in [5, 5.41) is 11.6. The van der Waals surface area contributed by atoms with Gasteiger partial charge in [0.25, 0.3) is 5.91 Å². The van der Waals surface area contributed by atoms with Gasteiger partial charge >= 0.3 is 0 Å². The van der Waals surface area contributed by atoms with E-state index in [0.717, 1.165) is 24.1 Å². The Morgan fingerprint density at radius 3 is 2.91 bits per heavy atom. The zero-order valence-electron chi connectivity index (χ0n) is 13.1. The number of rotatable bonds is 4. The third kappa shape index (κ3) is 2.76. The average Bonchev–Trinajstić information content (AvgIpc) is 3.18. The molecule has 118 valence electrons. The van der Waals surface area contributed by atoms with Gasteiger partial charge in [-0.2, -0.15) is 10.2 Å². The van der Waals surface area contributed by atoms with E-state index >= 15 is 0 Å². The summed E-state index contributed by atoms with van der Waals surface area (Å²) in [5.74, 6) is -0.0886. The molecule has 0 aromatic carbocycles. The Morgan fingerprint density at radius 2 is 2.23 bits per heavy atom. The standard InChI is InChI=1S/C15H21N5O2/c1-4-12-11(9-20(3)18-12)15(21)17-13-5-6-22-14(13)10-7-16-19(2)8-10/h7-9,13-14H,4-6H2,1-3H3,(H,17,21)/t13-,14+/m0/s1. The van der Waals surface area contributed by atoms with Crippen molar-refractivity contribution in [1.29, 1.82) is 0 Å². The highest BCUT2D eigenvalue weighted by Gasteiger charge is 2.32. The van der Waals surface area contributed by atoms with Crippen molar-refractivity contribution in [2.45, 2.75) is 31.9 Å². The third-order valence-corrected chi connectivity index (χ3v) is 3.95. The Bertz CT molecular complexity index is 675. The van der Waals surface area contributed by atoms with Gasteiger partial charge in [-0.05, 0) is 12.8 Å². The fourth-order valence-corrected chi connectivity index (χ4v) is 2.88. The molecule has 1 N–H and O–H groups in total. The quantitative estimate of drug-likeness (QED) is 0.913. The van der Waals surface area contributed by atoms with E-state index in [1.54, 1.807) is 21.8 Å². The van der Waals surface area contributed by atoms with Crippen LogP contribution in [0.25, 0.3) is 0 Å². The first-order valence-electron chi connectivity index (χ1n) is 7.52. The maximum atomic E-state index is 12.5. The van der Waals surface area contributed by atoms with Crippen LogP contribution in [0.4, 0.5) is 0 Å². The van der Waals surface area contributed by atoms with Gasteiger partial charge in [0.2, 0.25) is 0 Å². The Balaban J connectivity index is 1.75. The molecule has 2 atom stereocenters. The molecule has 22 heavy (non-hydrogen) atoms. The van der Waals surface area contributed by atoms with Crippen LogP contribution in [0.5, 0.6) is 0 Å². The largest absolute Gasteiger partial charge is 0.371 e. The van der Waals surface area contributed by atoms with Gasteiger partial charge in [-0.15, -0.1) is 0 Å². The number of carbonyl (C=O) groups excluding carboxylic acids is 1. The van der Waals surface area contributed by atoms with Crippen molar-refractivity contribution in [1.82, 2.24) is 24.9 Å². The smallest absolute Gasteiger partial charge is 0.255 e. The number of carbonyl (C=O) groups is 1. The molecule has 2 aromatic rings. The molecular weight excluding hydrogens is 282 g/mol. The lowest BCUT2D eigenvalue weighted by Gasteiger charge is -2.18. The first-order valence-corrected chi connectivity index (χ1v) is 7.52. The summed E-state index contributed by atoms with van der Waals surface area (Å²) in [6.45, 7) is 2.63. The van der Waals surface area contributed by atoms with Gasteiger partial charge in [0.1, 0.15) is 6.10 Å². The molecule has 1 aliphatic heterocycles. The number of aromatic nitrogens is 4. The van der Waals surface area contributed by atoms with Crippen molar-refractivity contribution in [3.63, 3.8) is 0 Å². The van der Waals surface area contributed by atoms with E-state index in [0.29, 0.717) is 12.2 Å². The number of nitrogens with zero attached hydrogens (tertiary/aromatic N) is 4. The number of hydrogen-bond acceptors (Lipinski definition) is 4. The molecule has 1 fully saturated rings. The Labute approximate surface area is 129 Å². The highest BCUT2D eigenvalue weighted by Crippen LogP contribution is 2.29. The second kappa shape index (κ2) is 5.92. The lowest BCUT2D eigenvalue weighted by molar-refractivity contribution is 0.0820. The Kier molecular flexibility index (Phi) is 3.98. The minimum atomic E-state index is -0.139. The topological polar surface area (TPSA) is 74.0 Å². The number of hydrogen-bond donors (Lipinski definition) is 1. The van der Waals surface area contributed by atoms with Gasteiger partial charge in [-0.25, -0.2) is 0 Å². The summed E-state index contributed by atoms with van der Waals surface area (Å²) in [6.07, 6.45) is 6.87. The predicted octanol–water partition coefficient (Wildman–Crippen LogP) is 0.976. The molecule has 1 amide bonds. The van der Waals surface area contributed by atoms with Crippen LogP contribution in [0.15, 0.2) is 18.6 Å². The van der Waals surface area contributed by atoms with Crippen LogP contribution in [0.1, 0.15) is 41.1 Å². The summed E-state index contributed by atoms with van der Waals surface area (Å²) in [5.41, 5.74) is 2.45. The van der Waals surface area contributed by atoms with Crippen molar-refractivity contribution in [3.8, 4) is 0 Å². The van der Waals surface area contributed by atoms with Gasteiger partial charge < -0.3 is 10.1 Å². The maximum Gasteiger partial charge on any atom is 0.255 e. The van der Waals surface area contributed by atoms with E-state index in [4.69, 9.17) is 4.74 Å². The maximum absolute atomic E-state index is 12.5. The molecule has 0 unspecified atom stereocenters. The van der Waals surface area contributed by atoms with E-state index in [-0.39, 0.29) is 18.1 Å². The highest BCUT2D eigenvalue weighted by molar-refractivity contribution is 5.95. The highest BCUT2D eigenvalue weighted by atomic mass is 16.5. The normalized spacial score (nSPS) is 21.2. The van der Waals surface area contributed by atoms with Crippen LogP contribution >= 0.6 is 0 Å². The summed E-state index contributed by atoms with van der Waals surface area (Å²) in [6, 6.07) is -0.0402. The van der Waals surface area contributed by atoms with Crippen LogP contribution < -0.4 is 5.32 Å². The van der Waals surface area contributed by atoms with Gasteiger partial charge in [-0.1, -0.05) is 6.92 Å². The zero-order chi connectivity index (χ0) is 15.7. The first kappa shape index (κ1) is 14.8. The molecule has 1 aliphatic rings. The van der Waals surface area contributed by atoms with Crippen molar-refractivity contribution in [2.75, 3.05) is 6.61 Å². The van der Waals surface area contributed by atoms with Crippen LogP contribution in [0, 0.1) is 0 Å². The number of aryl methyl sites for hydroxylation is 3. The zero-order valence-corrected chi connectivity index (χ0v) is 13.1. The fraction of sp³-hybridized carbons (Fsp3) is 0.533. The monoisotopic (exact) mass is 303 g/mol. The average molecular weight is 303 g/mol. The summed E-state index contributed by atoms with van der Waals surface area (Å²) in [7, 11) is 3.70. The number of ether oxygens (including phenoxy) is 1. The lowest BCUT2D eigenvalue weighted by Crippen LogP contribution is -2.37. The molecule has 3 rings (SSSR count). The number of amides is 1. The van der Waals surface area contributed by atoms with Crippen molar-refractivity contribution < 1.29 is 9.53 Å². The first-order chi connectivity index (χ1) is 10.6. The van der Waals surface area contributed by atoms with Crippen molar-refractivity contribution in [2.24, 2.45) is 14.1 Å². The van der Waals surface area contributed by atoms with E-state index in [9.17, 15) is 4.79 Å². The third-order valence-electron chi connectivity index (χ3n) is 3.95. The second-order valence-corrected chi connectivity index (χ2v) is 5.62. The molecule has 0 aliphatic carbocycles. The lowest BCUT2D eigenvalue weighted by atomic mass is 10.0. The van der Waals surface area contributed by atoms with Crippen molar-refractivity contribution >= 4 is 5.91 Å². The SMILES string of the molecule is CCc1nn(C)cc1C(=O)N[C@H]1CCO[C@@H]1c1cnn(C)c1. The van der Waals surface area contributed by atoms with Gasteiger partial charge in [0.15, 0.2) is 0 Å². The van der Waals surface area contributed by atoms with E-state index in [1.165, 1.54) is 0 Å². The van der Waals surface area contributed by atoms with Crippen LogP contribution in [-0.2, 0) is 25.3 Å². The molecule has 7 nitrogen and oxygen atoms in total. The fourth-order valence-electron chi connectivity index (χ4n) is 2.88. The van der Waals surface area contributed by atoms with Gasteiger partial charge in [0, 0.05) is 38.7 Å². The molecule has 3 heterocycles. The van der Waals surface area contributed by atoms with Crippen LogP contribution in [-0.4, -0.2) is 38.1 Å². The molecule has 0 spiro atoms. The minimum Gasteiger partial charge on any atom is -0.371 e. The second-order valence-electron chi connectivity index (χ2n) is 5.62. The van der Waals surface area contributed by atoms with E-state index in [1.807, 2.05) is 27.2 Å². The summed E-state index contributed by atoms with van der Waals surface area (Å²) >= 11 is 0.